The maximum atomic E-state index is 9.77. The number of rotatable bonds is 3. The zero-order valence-corrected chi connectivity index (χ0v) is 11.9. The van der Waals surface area contributed by atoms with Gasteiger partial charge >= 0.3 is 0 Å². The summed E-state index contributed by atoms with van der Waals surface area (Å²) in [5.41, 5.74) is 3.09. The third-order valence-corrected chi connectivity index (χ3v) is 3.83. The lowest BCUT2D eigenvalue weighted by molar-refractivity contribution is 0.160. The van der Waals surface area contributed by atoms with Crippen LogP contribution < -0.4 is 4.74 Å². The van der Waals surface area contributed by atoms with E-state index in [2.05, 4.69) is 6.07 Å². The molecule has 2 N–H and O–H groups in total. The number of allylic oxidation sites excluding steroid dienone is 1. The largest absolute Gasteiger partial charge is 0.508 e. The van der Waals surface area contributed by atoms with E-state index in [-0.39, 0.29) is 24.4 Å². The number of phenolic OH excluding ortho intramolecular Hbond substituents is 1. The highest BCUT2D eigenvalue weighted by atomic mass is 16.5. The van der Waals surface area contributed by atoms with Gasteiger partial charge in [-0.1, -0.05) is 30.4 Å². The fourth-order valence-electron chi connectivity index (χ4n) is 2.80. The number of phenols is 1. The molecule has 21 heavy (non-hydrogen) atoms. The summed E-state index contributed by atoms with van der Waals surface area (Å²) in [7, 11) is 0. The molecule has 3 nitrogen and oxygen atoms in total. The molecule has 108 valence electrons. The van der Waals surface area contributed by atoms with Crippen molar-refractivity contribution in [2.75, 3.05) is 6.61 Å². The van der Waals surface area contributed by atoms with Crippen LogP contribution in [0.15, 0.2) is 48.5 Å². The molecule has 2 aromatic rings. The van der Waals surface area contributed by atoms with Gasteiger partial charge in [0.15, 0.2) is 0 Å². The molecule has 1 heterocycles. The SMILES string of the molecule is C/C=C/c1ccc2c(c1)[C@@H](CO)[C@@H](c1ccc(O)cc1)O2. The maximum absolute atomic E-state index is 9.77. The number of aromatic hydroxyl groups is 1. The first kappa shape index (κ1) is 13.7. The Labute approximate surface area is 124 Å². The first-order valence-corrected chi connectivity index (χ1v) is 7.06. The minimum Gasteiger partial charge on any atom is -0.508 e. The van der Waals surface area contributed by atoms with E-state index >= 15 is 0 Å². The summed E-state index contributed by atoms with van der Waals surface area (Å²) in [6, 6.07) is 13.0. The highest BCUT2D eigenvalue weighted by molar-refractivity contribution is 5.56. The monoisotopic (exact) mass is 282 g/mol. The van der Waals surface area contributed by atoms with Gasteiger partial charge in [-0.3, -0.25) is 0 Å². The Morgan fingerprint density at radius 2 is 1.90 bits per heavy atom. The molecule has 1 aliphatic rings. The van der Waals surface area contributed by atoms with Gasteiger partial charge in [-0.25, -0.2) is 0 Å². The third kappa shape index (κ3) is 2.52. The predicted molar refractivity (Wildman–Crippen MR) is 82.5 cm³/mol. The molecule has 0 spiro atoms. The summed E-state index contributed by atoms with van der Waals surface area (Å²) in [6.07, 6.45) is 3.80. The highest BCUT2D eigenvalue weighted by Crippen LogP contribution is 2.46. The van der Waals surface area contributed by atoms with Gasteiger partial charge in [-0.2, -0.15) is 0 Å². The molecular formula is C18H18O3. The average Bonchev–Trinajstić information content (AvgIpc) is 2.86. The number of ether oxygens (including phenoxy) is 1. The number of aliphatic hydroxyl groups excluding tert-OH is 1. The second-order valence-corrected chi connectivity index (χ2v) is 5.22. The molecule has 0 fully saturated rings. The van der Waals surface area contributed by atoms with Crippen molar-refractivity contribution in [1.82, 2.24) is 0 Å². The highest BCUT2D eigenvalue weighted by Gasteiger charge is 2.35. The van der Waals surface area contributed by atoms with E-state index in [4.69, 9.17) is 4.74 Å². The van der Waals surface area contributed by atoms with Crippen LogP contribution in [0.3, 0.4) is 0 Å². The van der Waals surface area contributed by atoms with Gasteiger partial charge in [0.25, 0.3) is 0 Å². The topological polar surface area (TPSA) is 49.7 Å². The van der Waals surface area contributed by atoms with Crippen LogP contribution in [-0.2, 0) is 0 Å². The van der Waals surface area contributed by atoms with Gasteiger partial charge in [0, 0.05) is 5.56 Å². The first-order chi connectivity index (χ1) is 10.2. The fraction of sp³-hybridized carbons (Fsp3) is 0.222. The van der Waals surface area contributed by atoms with Gasteiger partial charge in [0.1, 0.15) is 17.6 Å². The normalized spacial score (nSPS) is 20.5. The predicted octanol–water partition coefficient (Wildman–Crippen LogP) is 3.63. The summed E-state index contributed by atoms with van der Waals surface area (Å²) >= 11 is 0. The van der Waals surface area contributed by atoms with Crippen LogP contribution in [0.2, 0.25) is 0 Å². The Morgan fingerprint density at radius 3 is 2.57 bits per heavy atom. The lowest BCUT2D eigenvalue weighted by Gasteiger charge is -2.17. The zero-order chi connectivity index (χ0) is 14.8. The lowest BCUT2D eigenvalue weighted by Crippen LogP contribution is -2.13. The Bertz CT molecular complexity index is 659. The standard InChI is InChI=1S/C18H18O3/c1-2-3-12-4-9-17-15(10-12)16(11-19)18(21-17)13-5-7-14(20)8-6-13/h2-10,16,18-20H,11H2,1H3/b3-2+/t16-,18-/m1/s1. The molecule has 0 aromatic heterocycles. The van der Waals surface area contributed by atoms with E-state index < -0.39 is 0 Å². The van der Waals surface area contributed by atoms with Gasteiger partial charge in [0.05, 0.1) is 12.5 Å². The van der Waals surface area contributed by atoms with Crippen molar-refractivity contribution in [2.24, 2.45) is 0 Å². The van der Waals surface area contributed by atoms with Crippen LogP contribution in [0.1, 0.15) is 35.6 Å². The molecule has 0 aliphatic carbocycles. The van der Waals surface area contributed by atoms with E-state index in [9.17, 15) is 10.2 Å². The smallest absolute Gasteiger partial charge is 0.133 e. The molecular weight excluding hydrogens is 264 g/mol. The quantitative estimate of drug-likeness (QED) is 0.903. The van der Waals surface area contributed by atoms with Crippen LogP contribution in [0.5, 0.6) is 11.5 Å². The number of hydrogen-bond donors (Lipinski definition) is 2. The summed E-state index contributed by atoms with van der Waals surface area (Å²) in [5, 5.41) is 19.2. The number of aliphatic hydroxyl groups is 1. The Hall–Kier alpha value is -2.26. The Morgan fingerprint density at radius 1 is 1.14 bits per heavy atom. The van der Waals surface area contributed by atoms with E-state index in [0.717, 1.165) is 22.4 Å². The van der Waals surface area contributed by atoms with Crippen molar-refractivity contribution in [3.05, 3.63) is 65.2 Å². The lowest BCUT2D eigenvalue weighted by atomic mass is 9.91. The van der Waals surface area contributed by atoms with Crippen LogP contribution in [-0.4, -0.2) is 16.8 Å². The summed E-state index contributed by atoms with van der Waals surface area (Å²) < 4.78 is 6.00. The van der Waals surface area contributed by atoms with Crippen LogP contribution in [0, 0.1) is 0 Å². The van der Waals surface area contributed by atoms with Crippen LogP contribution in [0.25, 0.3) is 6.08 Å². The molecule has 1 aliphatic heterocycles. The molecule has 3 rings (SSSR count). The van der Waals surface area contributed by atoms with Crippen molar-refractivity contribution < 1.29 is 14.9 Å². The summed E-state index contributed by atoms with van der Waals surface area (Å²) in [6.45, 7) is 2.00. The van der Waals surface area contributed by atoms with Crippen molar-refractivity contribution in [1.29, 1.82) is 0 Å². The molecule has 0 radical (unpaired) electrons. The van der Waals surface area contributed by atoms with Crippen molar-refractivity contribution in [2.45, 2.75) is 18.9 Å². The Balaban J connectivity index is 1.97. The van der Waals surface area contributed by atoms with Crippen LogP contribution in [0.4, 0.5) is 0 Å². The molecule has 2 atom stereocenters. The van der Waals surface area contributed by atoms with Crippen molar-refractivity contribution in [3.63, 3.8) is 0 Å². The van der Waals surface area contributed by atoms with Crippen LogP contribution >= 0.6 is 0 Å². The van der Waals surface area contributed by atoms with Crippen molar-refractivity contribution >= 4 is 6.08 Å². The van der Waals surface area contributed by atoms with Gasteiger partial charge < -0.3 is 14.9 Å². The minimum absolute atomic E-state index is 0.0256. The van der Waals surface area contributed by atoms with E-state index in [1.54, 1.807) is 12.1 Å². The maximum Gasteiger partial charge on any atom is 0.133 e. The number of benzene rings is 2. The summed E-state index contributed by atoms with van der Waals surface area (Å²) in [4.78, 5) is 0. The molecule has 0 saturated carbocycles. The second kappa shape index (κ2) is 5.62. The molecule has 0 saturated heterocycles. The molecule has 3 heteroatoms. The second-order valence-electron chi connectivity index (χ2n) is 5.22. The fourth-order valence-corrected chi connectivity index (χ4v) is 2.80. The van der Waals surface area contributed by atoms with Gasteiger partial charge in [-0.15, -0.1) is 0 Å². The molecule has 2 aromatic carbocycles. The van der Waals surface area contributed by atoms with Gasteiger partial charge in [0.2, 0.25) is 0 Å². The number of hydrogen-bond acceptors (Lipinski definition) is 3. The summed E-state index contributed by atoms with van der Waals surface area (Å²) in [5.74, 6) is 0.959. The molecule has 0 amide bonds. The van der Waals surface area contributed by atoms with Gasteiger partial charge in [-0.05, 0) is 42.3 Å². The van der Waals surface area contributed by atoms with E-state index in [1.165, 1.54) is 0 Å². The van der Waals surface area contributed by atoms with Crippen molar-refractivity contribution in [3.8, 4) is 11.5 Å². The number of fused-ring (bicyclic) bond motifs is 1. The van der Waals surface area contributed by atoms with E-state index in [0.29, 0.717) is 0 Å². The zero-order valence-electron chi connectivity index (χ0n) is 11.9. The Kier molecular flexibility index (Phi) is 3.67. The first-order valence-electron chi connectivity index (χ1n) is 7.06. The minimum atomic E-state index is -0.216. The third-order valence-electron chi connectivity index (χ3n) is 3.83. The van der Waals surface area contributed by atoms with E-state index in [1.807, 2.05) is 43.3 Å². The molecule has 0 unspecified atom stereocenters. The molecule has 0 bridgehead atoms. The average molecular weight is 282 g/mol.